The number of rotatable bonds is 2. The van der Waals surface area contributed by atoms with Crippen LogP contribution in [0, 0.1) is 18.3 Å². The highest BCUT2D eigenvalue weighted by Crippen LogP contribution is 2.42. The van der Waals surface area contributed by atoms with Gasteiger partial charge in [-0.1, -0.05) is 29.8 Å². The third-order valence-corrected chi connectivity index (χ3v) is 5.22. The van der Waals surface area contributed by atoms with E-state index in [2.05, 4.69) is 5.32 Å². The van der Waals surface area contributed by atoms with Crippen molar-refractivity contribution in [1.82, 2.24) is 4.40 Å². The summed E-state index contributed by atoms with van der Waals surface area (Å²) in [6, 6.07) is 16.8. The van der Waals surface area contributed by atoms with Gasteiger partial charge < -0.3 is 10.4 Å². The third kappa shape index (κ3) is 2.33. The standard InChI is InChI=1S/C19H13N3O2S/c1-11-6-8-12(9-7-11)18(24)21-16-17(23)14(10-20)22-13-4-2-3-5-15(13)25-19(16)22/h2-9,23H,1H3,(H,21,24). The first-order valence-corrected chi connectivity index (χ1v) is 8.45. The molecule has 25 heavy (non-hydrogen) atoms. The molecule has 0 aliphatic carbocycles. The second-order valence-corrected chi connectivity index (χ2v) is 6.75. The van der Waals surface area contributed by atoms with E-state index >= 15 is 0 Å². The van der Waals surface area contributed by atoms with Crippen LogP contribution in [0.25, 0.3) is 15.0 Å². The van der Waals surface area contributed by atoms with Crippen molar-refractivity contribution in [1.29, 1.82) is 5.26 Å². The van der Waals surface area contributed by atoms with Gasteiger partial charge in [0.2, 0.25) is 0 Å². The summed E-state index contributed by atoms with van der Waals surface area (Å²) < 4.78 is 2.65. The molecule has 4 rings (SSSR count). The van der Waals surface area contributed by atoms with Crippen LogP contribution in [0.15, 0.2) is 48.5 Å². The number of fused-ring (bicyclic) bond motifs is 3. The Hall–Kier alpha value is -3.30. The van der Waals surface area contributed by atoms with Gasteiger partial charge in [-0.25, -0.2) is 0 Å². The maximum atomic E-state index is 12.5. The average molecular weight is 347 g/mol. The lowest BCUT2D eigenvalue weighted by Crippen LogP contribution is -2.11. The molecule has 0 saturated heterocycles. The quantitative estimate of drug-likeness (QED) is 0.568. The number of para-hydroxylation sites is 1. The summed E-state index contributed by atoms with van der Waals surface area (Å²) in [4.78, 5) is 13.2. The number of aromatic nitrogens is 1. The summed E-state index contributed by atoms with van der Waals surface area (Å²) in [6.07, 6.45) is 0. The van der Waals surface area contributed by atoms with E-state index < -0.39 is 0 Å². The molecule has 0 bridgehead atoms. The van der Waals surface area contributed by atoms with Crippen LogP contribution in [0.4, 0.5) is 5.69 Å². The van der Waals surface area contributed by atoms with Crippen molar-refractivity contribution in [3.05, 3.63) is 65.4 Å². The minimum atomic E-state index is -0.329. The highest BCUT2D eigenvalue weighted by Gasteiger charge is 2.23. The number of nitrogens with one attached hydrogen (secondary N) is 1. The number of thiazole rings is 1. The Morgan fingerprint density at radius 1 is 1.20 bits per heavy atom. The van der Waals surface area contributed by atoms with Crippen molar-refractivity contribution in [2.24, 2.45) is 0 Å². The number of benzene rings is 2. The summed E-state index contributed by atoms with van der Waals surface area (Å²) in [7, 11) is 0. The van der Waals surface area contributed by atoms with Gasteiger partial charge in [0.15, 0.2) is 11.4 Å². The Morgan fingerprint density at radius 3 is 2.64 bits per heavy atom. The Morgan fingerprint density at radius 2 is 1.92 bits per heavy atom. The van der Waals surface area contributed by atoms with E-state index in [0.29, 0.717) is 10.4 Å². The van der Waals surface area contributed by atoms with Crippen molar-refractivity contribution >= 4 is 38.0 Å². The van der Waals surface area contributed by atoms with Gasteiger partial charge in [0, 0.05) is 5.56 Å². The van der Waals surface area contributed by atoms with E-state index in [1.165, 1.54) is 11.3 Å². The molecule has 5 nitrogen and oxygen atoms in total. The Kier molecular flexibility index (Phi) is 3.45. The molecule has 0 aliphatic heterocycles. The minimum Gasteiger partial charge on any atom is -0.503 e. The number of nitrogens with zero attached hydrogens (tertiary/aromatic N) is 2. The van der Waals surface area contributed by atoms with Crippen LogP contribution in [-0.4, -0.2) is 15.4 Å². The summed E-state index contributed by atoms with van der Waals surface area (Å²) >= 11 is 1.42. The van der Waals surface area contributed by atoms with Gasteiger partial charge in [0.25, 0.3) is 5.91 Å². The highest BCUT2D eigenvalue weighted by atomic mass is 32.1. The molecule has 6 heteroatoms. The zero-order valence-electron chi connectivity index (χ0n) is 13.3. The van der Waals surface area contributed by atoms with E-state index in [1.807, 2.05) is 49.4 Å². The van der Waals surface area contributed by atoms with Gasteiger partial charge in [0.05, 0.1) is 10.2 Å². The molecule has 0 spiro atoms. The second-order valence-electron chi connectivity index (χ2n) is 5.71. The van der Waals surface area contributed by atoms with Gasteiger partial charge in [0.1, 0.15) is 16.6 Å². The number of carbonyl (C=O) groups excluding carboxylic acids is 1. The molecule has 122 valence electrons. The van der Waals surface area contributed by atoms with Crippen LogP contribution in [0.5, 0.6) is 5.75 Å². The van der Waals surface area contributed by atoms with Gasteiger partial charge >= 0.3 is 0 Å². The van der Waals surface area contributed by atoms with E-state index in [1.54, 1.807) is 16.5 Å². The van der Waals surface area contributed by atoms with Gasteiger partial charge in [-0.05, 0) is 31.2 Å². The van der Waals surface area contributed by atoms with Crippen LogP contribution >= 0.6 is 11.3 Å². The summed E-state index contributed by atoms with van der Waals surface area (Å²) in [5, 5.41) is 22.7. The van der Waals surface area contributed by atoms with Crippen molar-refractivity contribution in [3.8, 4) is 11.8 Å². The van der Waals surface area contributed by atoms with Crippen LogP contribution in [0.2, 0.25) is 0 Å². The third-order valence-electron chi connectivity index (χ3n) is 4.07. The van der Waals surface area contributed by atoms with Crippen LogP contribution < -0.4 is 5.32 Å². The number of hydrogen-bond donors (Lipinski definition) is 2. The number of aryl methyl sites for hydroxylation is 1. The number of carbonyl (C=O) groups is 1. The number of aromatic hydroxyl groups is 1. The van der Waals surface area contributed by atoms with Gasteiger partial charge in [-0.3, -0.25) is 9.20 Å². The lowest BCUT2D eigenvalue weighted by molar-refractivity contribution is 0.102. The molecule has 4 aromatic rings. The highest BCUT2D eigenvalue weighted by molar-refractivity contribution is 7.24. The smallest absolute Gasteiger partial charge is 0.255 e. The number of hydrogen-bond acceptors (Lipinski definition) is 4. The molecule has 0 unspecified atom stereocenters. The first-order chi connectivity index (χ1) is 12.1. The molecular formula is C19H13N3O2S. The maximum absolute atomic E-state index is 12.5. The van der Waals surface area contributed by atoms with Crippen LogP contribution in [0.1, 0.15) is 21.6 Å². The van der Waals surface area contributed by atoms with Crippen molar-refractivity contribution < 1.29 is 9.90 Å². The zero-order chi connectivity index (χ0) is 17.6. The Bertz CT molecular complexity index is 1160. The van der Waals surface area contributed by atoms with E-state index in [0.717, 1.165) is 15.8 Å². The molecule has 2 heterocycles. The molecule has 0 radical (unpaired) electrons. The molecule has 2 aromatic heterocycles. The fraction of sp³-hybridized carbons (Fsp3) is 0.0526. The summed E-state index contributed by atoms with van der Waals surface area (Å²) in [6.45, 7) is 1.95. The molecular weight excluding hydrogens is 334 g/mol. The predicted molar refractivity (Wildman–Crippen MR) is 98.3 cm³/mol. The van der Waals surface area contributed by atoms with Crippen LogP contribution in [0.3, 0.4) is 0 Å². The first kappa shape index (κ1) is 15.2. The van der Waals surface area contributed by atoms with E-state index in [9.17, 15) is 15.2 Å². The molecule has 0 saturated carbocycles. The number of amides is 1. The number of anilines is 1. The second kappa shape index (κ2) is 5.65. The van der Waals surface area contributed by atoms with Crippen molar-refractivity contribution in [2.75, 3.05) is 5.32 Å². The SMILES string of the molecule is Cc1ccc(C(=O)Nc2c(O)c(C#N)n3c2sc2ccccc23)cc1. The molecule has 0 fully saturated rings. The molecule has 2 N–H and O–H groups in total. The molecule has 0 atom stereocenters. The lowest BCUT2D eigenvalue weighted by atomic mass is 10.1. The Labute approximate surface area is 147 Å². The summed E-state index contributed by atoms with van der Waals surface area (Å²) in [5.74, 6) is -0.537. The molecule has 1 amide bonds. The molecule has 2 aromatic carbocycles. The maximum Gasteiger partial charge on any atom is 0.255 e. The Balaban J connectivity index is 1.87. The first-order valence-electron chi connectivity index (χ1n) is 7.63. The molecule has 0 aliphatic rings. The van der Waals surface area contributed by atoms with Gasteiger partial charge in [-0.15, -0.1) is 11.3 Å². The summed E-state index contributed by atoms with van der Waals surface area (Å²) in [5.41, 5.74) is 2.76. The largest absolute Gasteiger partial charge is 0.503 e. The van der Waals surface area contributed by atoms with Crippen molar-refractivity contribution in [3.63, 3.8) is 0 Å². The average Bonchev–Trinajstić information content (AvgIpc) is 3.11. The topological polar surface area (TPSA) is 77.5 Å². The normalized spacial score (nSPS) is 10.9. The fourth-order valence-electron chi connectivity index (χ4n) is 2.80. The van der Waals surface area contributed by atoms with E-state index in [4.69, 9.17) is 0 Å². The predicted octanol–water partition coefficient (Wildman–Crippen LogP) is 4.29. The minimum absolute atomic E-state index is 0.117. The zero-order valence-corrected chi connectivity index (χ0v) is 14.1. The number of nitriles is 1. The van der Waals surface area contributed by atoms with Crippen LogP contribution in [-0.2, 0) is 0 Å². The lowest BCUT2D eigenvalue weighted by Gasteiger charge is -2.04. The van der Waals surface area contributed by atoms with Gasteiger partial charge in [-0.2, -0.15) is 5.26 Å². The fourth-order valence-corrected chi connectivity index (χ4v) is 3.95. The van der Waals surface area contributed by atoms with Crippen molar-refractivity contribution in [2.45, 2.75) is 6.92 Å². The monoisotopic (exact) mass is 347 g/mol. The van der Waals surface area contributed by atoms with E-state index in [-0.39, 0.29) is 23.0 Å².